The summed E-state index contributed by atoms with van der Waals surface area (Å²) >= 11 is 0. The molecule has 0 radical (unpaired) electrons. The molecule has 3 rings (SSSR count). The van der Waals surface area contributed by atoms with Crippen LogP contribution in [-0.4, -0.2) is 54.5 Å². The summed E-state index contributed by atoms with van der Waals surface area (Å²) in [4.78, 5) is 21.4. The van der Waals surface area contributed by atoms with Gasteiger partial charge in [-0.15, -0.1) is 0 Å². The van der Waals surface area contributed by atoms with E-state index in [-0.39, 0.29) is 40.0 Å². The smallest absolute Gasteiger partial charge is 1.00 e. The zero-order valence-corrected chi connectivity index (χ0v) is 23.5. The molecule has 3 aromatic heterocycles. The van der Waals surface area contributed by atoms with Gasteiger partial charge in [0, 0.05) is 42.7 Å². The summed E-state index contributed by atoms with van der Waals surface area (Å²) < 4.78 is 0. The van der Waals surface area contributed by atoms with Crippen LogP contribution in [0.3, 0.4) is 0 Å². The maximum atomic E-state index is 9.98. The molecule has 0 fully saturated rings. The van der Waals surface area contributed by atoms with Crippen LogP contribution in [0, 0.1) is 6.08 Å². The number of allylic oxidation sites excluding steroid dienone is 1. The normalized spacial score (nSPS) is 10.2. The fourth-order valence-electron chi connectivity index (χ4n) is 2.10. The van der Waals surface area contributed by atoms with Crippen LogP contribution in [0.4, 0.5) is 0 Å². The third-order valence-electron chi connectivity index (χ3n) is 3.82. The summed E-state index contributed by atoms with van der Waals surface area (Å²) in [5.41, 5.74) is 3.84. The van der Waals surface area contributed by atoms with E-state index in [9.17, 15) is 15.0 Å². The van der Waals surface area contributed by atoms with Crippen LogP contribution in [0.1, 0.15) is 54.5 Å². The molecule has 3 heterocycles. The van der Waals surface area contributed by atoms with Crippen LogP contribution in [0.15, 0.2) is 104 Å². The molecule has 0 aromatic carbocycles. The van der Waals surface area contributed by atoms with Gasteiger partial charge in [-0.25, -0.2) is 0 Å². The van der Waals surface area contributed by atoms with Crippen LogP contribution < -0.4 is 17.0 Å². The molecule has 0 saturated heterocycles. The van der Waals surface area contributed by atoms with E-state index in [1.54, 1.807) is 94.4 Å². The number of carbonyl (C=O) groups excluding carboxylic acids is 1. The van der Waals surface area contributed by atoms with E-state index >= 15 is 0 Å². The fraction of sp³-hybridized carbons (Fsp3) is 0.185. The number of hydrogen-bond acceptors (Lipinski definition) is 6. The number of nitrogens with zero attached hydrogens (tertiary/aromatic N) is 3. The van der Waals surface area contributed by atoms with E-state index in [2.05, 4.69) is 40.8 Å². The summed E-state index contributed by atoms with van der Waals surface area (Å²) in [7, 11) is 0. The standard InChI is InChI=1S/2C9H11NO.C6H5NO.C3H5.BrH.Mg/c2*1-7(2)9(11)8-3-5-10-6-4-8;8-5-6-1-3-7-4-2-6;1-3-2;;/h2*3-6,9,11H,1H2,2H3;1-5H;1H2,2H3;1H;/q;;;-1;;+2/p-1/t2*9-;;;;/m10..../s1. The molecule has 35 heavy (non-hydrogen) atoms. The Morgan fingerprint density at radius 2 is 1.06 bits per heavy atom. The first kappa shape index (κ1) is 37.1. The van der Waals surface area contributed by atoms with Crippen molar-refractivity contribution in [2.75, 3.05) is 0 Å². The Morgan fingerprint density at radius 1 is 0.800 bits per heavy atom. The summed E-state index contributed by atoms with van der Waals surface area (Å²) in [6.07, 6.45) is 12.0. The van der Waals surface area contributed by atoms with Gasteiger partial charge in [-0.2, -0.15) is 6.92 Å². The van der Waals surface area contributed by atoms with Crippen LogP contribution in [0.2, 0.25) is 0 Å². The van der Waals surface area contributed by atoms with Gasteiger partial charge in [-0.05, 0) is 72.5 Å². The molecule has 182 valence electrons. The van der Waals surface area contributed by atoms with Gasteiger partial charge in [-0.1, -0.05) is 13.2 Å². The third kappa shape index (κ3) is 17.6. The maximum absolute atomic E-state index is 9.98. The Balaban J connectivity index is -0.000000408. The van der Waals surface area contributed by atoms with Gasteiger partial charge >= 0.3 is 23.1 Å². The van der Waals surface area contributed by atoms with Crippen LogP contribution >= 0.6 is 0 Å². The maximum Gasteiger partial charge on any atom is 2.00 e. The van der Waals surface area contributed by atoms with Crippen molar-refractivity contribution >= 4 is 29.3 Å². The van der Waals surface area contributed by atoms with E-state index in [4.69, 9.17) is 0 Å². The van der Waals surface area contributed by atoms with Gasteiger partial charge in [0.15, 0.2) is 0 Å². The first-order chi connectivity index (χ1) is 15.8. The van der Waals surface area contributed by atoms with Crippen molar-refractivity contribution in [3.63, 3.8) is 0 Å². The SMILES string of the molecule is C=C(C)[C@@H](O)c1ccncc1.C=C(C)[C@H](O)c1ccncc1.C=[C-]C.O=Cc1ccncc1.[Br-].[Mg+2]. The van der Waals surface area contributed by atoms with Crippen molar-refractivity contribution in [2.45, 2.75) is 33.0 Å². The zero-order valence-electron chi connectivity index (χ0n) is 20.5. The molecule has 8 heteroatoms. The van der Waals surface area contributed by atoms with E-state index in [1.165, 1.54) is 0 Å². The Bertz CT molecular complexity index is 904. The predicted octanol–water partition coefficient (Wildman–Crippen LogP) is 1.89. The van der Waals surface area contributed by atoms with Crippen molar-refractivity contribution in [2.24, 2.45) is 0 Å². The minimum Gasteiger partial charge on any atom is -1.00 e. The van der Waals surface area contributed by atoms with Crippen LogP contribution in [0.25, 0.3) is 0 Å². The van der Waals surface area contributed by atoms with E-state index < -0.39 is 12.2 Å². The number of aromatic nitrogens is 3. The van der Waals surface area contributed by atoms with Gasteiger partial charge in [-0.3, -0.25) is 26.3 Å². The Kier molecular flexibility index (Phi) is 24.6. The van der Waals surface area contributed by atoms with Gasteiger partial charge < -0.3 is 33.3 Å². The number of rotatable bonds is 5. The molecule has 0 aliphatic carbocycles. The fourth-order valence-corrected chi connectivity index (χ4v) is 2.10. The molecular weight excluding hydrogens is 519 g/mol. The zero-order chi connectivity index (χ0) is 25.1. The molecule has 2 atom stereocenters. The molecule has 3 aromatic rings. The van der Waals surface area contributed by atoms with Gasteiger partial charge in [0.25, 0.3) is 0 Å². The summed E-state index contributed by atoms with van der Waals surface area (Å²) in [6, 6.07) is 10.4. The number of halogens is 1. The van der Waals surface area contributed by atoms with Crippen LogP contribution in [0.5, 0.6) is 0 Å². The van der Waals surface area contributed by atoms with Gasteiger partial charge in [0.05, 0.1) is 12.2 Å². The molecule has 0 aliphatic rings. The van der Waals surface area contributed by atoms with Crippen molar-refractivity contribution < 1.29 is 32.0 Å². The van der Waals surface area contributed by atoms with Crippen molar-refractivity contribution in [1.29, 1.82) is 0 Å². The monoisotopic (exact) mass is 549 g/mol. The summed E-state index contributed by atoms with van der Waals surface area (Å²) in [5.74, 6) is 0. The Hall–Kier alpha value is -2.49. The number of carbonyl (C=O) groups is 1. The molecule has 0 unspecified atom stereocenters. The number of hydrogen-bond donors (Lipinski definition) is 2. The molecular formula is C27H32BrMgN3O3. The number of aldehydes is 1. The average Bonchev–Trinajstić information content (AvgIpc) is 2.86. The van der Waals surface area contributed by atoms with Crippen molar-refractivity contribution in [3.05, 3.63) is 127 Å². The largest absolute Gasteiger partial charge is 2.00 e. The molecule has 6 nitrogen and oxygen atoms in total. The molecule has 0 bridgehead atoms. The van der Waals surface area contributed by atoms with E-state index in [1.807, 2.05) is 0 Å². The molecule has 0 spiro atoms. The van der Waals surface area contributed by atoms with Gasteiger partial charge in [0.1, 0.15) is 6.29 Å². The first-order valence-electron chi connectivity index (χ1n) is 10.0. The first-order valence-corrected chi connectivity index (χ1v) is 10.0. The minimum atomic E-state index is -0.557. The summed E-state index contributed by atoms with van der Waals surface area (Å²) in [5, 5.41) is 18.9. The minimum absolute atomic E-state index is 0. The molecule has 0 aliphatic heterocycles. The second-order valence-electron chi connectivity index (χ2n) is 6.81. The second-order valence-corrected chi connectivity index (χ2v) is 6.81. The van der Waals surface area contributed by atoms with Gasteiger partial charge in [0.2, 0.25) is 0 Å². The second kappa shape index (κ2) is 23.3. The molecule has 0 amide bonds. The quantitative estimate of drug-likeness (QED) is 0.218. The number of aliphatic hydroxyl groups excluding tert-OH is 2. The third-order valence-corrected chi connectivity index (χ3v) is 3.82. The average molecular weight is 551 g/mol. The predicted molar refractivity (Wildman–Crippen MR) is 138 cm³/mol. The van der Waals surface area contributed by atoms with Crippen molar-refractivity contribution in [3.8, 4) is 0 Å². The van der Waals surface area contributed by atoms with E-state index in [0.717, 1.165) is 28.6 Å². The Labute approximate surface area is 235 Å². The van der Waals surface area contributed by atoms with Crippen LogP contribution in [-0.2, 0) is 0 Å². The number of pyridine rings is 3. The topological polar surface area (TPSA) is 96.2 Å². The number of aliphatic hydroxyl groups is 2. The Morgan fingerprint density at radius 3 is 1.26 bits per heavy atom. The molecule has 0 saturated carbocycles. The van der Waals surface area contributed by atoms with Crippen molar-refractivity contribution in [1.82, 2.24) is 15.0 Å². The summed E-state index contributed by atoms with van der Waals surface area (Å²) in [6.45, 7) is 15.9. The van der Waals surface area contributed by atoms with E-state index in [0.29, 0.717) is 5.56 Å². The molecule has 2 N–H and O–H groups in total.